The van der Waals surface area contributed by atoms with Crippen LogP contribution < -0.4 is 5.73 Å². The van der Waals surface area contributed by atoms with Crippen molar-refractivity contribution in [3.8, 4) is 0 Å². The molecule has 5 heteroatoms. The van der Waals surface area contributed by atoms with Gasteiger partial charge in [-0.1, -0.05) is 23.8 Å². The molecule has 0 spiro atoms. The summed E-state index contributed by atoms with van der Waals surface area (Å²) in [4.78, 5) is 18.2. The summed E-state index contributed by atoms with van der Waals surface area (Å²) >= 11 is 0. The van der Waals surface area contributed by atoms with Crippen molar-refractivity contribution in [1.82, 2.24) is 14.5 Å². The third-order valence-corrected chi connectivity index (χ3v) is 3.49. The first kappa shape index (κ1) is 15.3. The zero-order valence-corrected chi connectivity index (χ0v) is 12.8. The van der Waals surface area contributed by atoms with Crippen LogP contribution in [-0.2, 0) is 13.1 Å². The van der Waals surface area contributed by atoms with Crippen molar-refractivity contribution in [3.05, 3.63) is 53.1 Å². The van der Waals surface area contributed by atoms with Gasteiger partial charge in [0.25, 0.3) is 5.91 Å². The zero-order valence-electron chi connectivity index (χ0n) is 12.8. The first-order valence-corrected chi connectivity index (χ1v) is 7.04. The van der Waals surface area contributed by atoms with E-state index in [1.807, 2.05) is 4.57 Å². The van der Waals surface area contributed by atoms with Crippen molar-refractivity contribution in [2.75, 3.05) is 13.6 Å². The number of aromatic nitrogens is 2. The number of carbonyl (C=O) groups is 1. The van der Waals surface area contributed by atoms with Gasteiger partial charge in [0.05, 0.1) is 6.33 Å². The summed E-state index contributed by atoms with van der Waals surface area (Å²) in [6, 6.07) is 6.27. The minimum Gasteiger partial charge on any atom is -0.336 e. The van der Waals surface area contributed by atoms with Gasteiger partial charge in [-0.05, 0) is 25.0 Å². The van der Waals surface area contributed by atoms with Crippen LogP contribution in [0.4, 0.5) is 0 Å². The summed E-state index contributed by atoms with van der Waals surface area (Å²) in [7, 11) is 1.80. The van der Waals surface area contributed by atoms with Crippen molar-refractivity contribution in [3.63, 3.8) is 0 Å². The molecular formula is C16H22N4O. The second-order valence-corrected chi connectivity index (χ2v) is 5.38. The minimum absolute atomic E-state index is 0.0780. The largest absolute Gasteiger partial charge is 0.336 e. The first-order chi connectivity index (χ1) is 10.0. The monoisotopic (exact) mass is 286 g/mol. The van der Waals surface area contributed by atoms with Crippen LogP contribution in [-0.4, -0.2) is 34.0 Å². The Hall–Kier alpha value is -2.14. The molecule has 0 aliphatic heterocycles. The van der Waals surface area contributed by atoms with E-state index in [4.69, 9.17) is 5.73 Å². The molecule has 0 bridgehead atoms. The Labute approximate surface area is 125 Å². The topological polar surface area (TPSA) is 64.2 Å². The van der Waals surface area contributed by atoms with Crippen LogP contribution in [0.2, 0.25) is 0 Å². The second-order valence-electron chi connectivity index (χ2n) is 5.38. The lowest BCUT2D eigenvalue weighted by molar-refractivity contribution is 0.0779. The van der Waals surface area contributed by atoms with Crippen LogP contribution in [0.1, 0.15) is 27.2 Å². The molecule has 0 aliphatic rings. The van der Waals surface area contributed by atoms with Gasteiger partial charge < -0.3 is 15.2 Å². The summed E-state index contributed by atoms with van der Waals surface area (Å²) < 4.78 is 1.83. The molecule has 1 amide bonds. The van der Waals surface area contributed by atoms with Crippen molar-refractivity contribution in [2.24, 2.45) is 5.73 Å². The van der Waals surface area contributed by atoms with Gasteiger partial charge in [0, 0.05) is 32.9 Å². The van der Waals surface area contributed by atoms with Crippen molar-refractivity contribution in [1.29, 1.82) is 0 Å². The van der Waals surface area contributed by atoms with Crippen molar-refractivity contribution in [2.45, 2.75) is 26.9 Å². The van der Waals surface area contributed by atoms with Crippen LogP contribution >= 0.6 is 0 Å². The van der Waals surface area contributed by atoms with Gasteiger partial charge in [0.15, 0.2) is 0 Å². The third kappa shape index (κ3) is 3.70. The summed E-state index contributed by atoms with van der Waals surface area (Å²) in [5, 5.41) is 0. The van der Waals surface area contributed by atoms with Crippen LogP contribution in [0.25, 0.3) is 0 Å². The summed E-state index contributed by atoms with van der Waals surface area (Å²) in [5.41, 5.74) is 9.52. The Balaban J connectivity index is 2.08. The lowest BCUT2D eigenvalue weighted by atomic mass is 10.1. The number of nitrogens with two attached hydrogens (primary N) is 1. The van der Waals surface area contributed by atoms with Crippen LogP contribution in [0.15, 0.2) is 30.7 Å². The van der Waals surface area contributed by atoms with Crippen molar-refractivity contribution < 1.29 is 4.79 Å². The first-order valence-electron chi connectivity index (χ1n) is 7.04. The van der Waals surface area contributed by atoms with Crippen LogP contribution in [0.3, 0.4) is 0 Å². The second kappa shape index (κ2) is 6.54. The Kier molecular flexibility index (Phi) is 4.75. The highest BCUT2D eigenvalue weighted by atomic mass is 16.2. The molecule has 1 aromatic heterocycles. The molecule has 0 atom stereocenters. The maximum absolute atomic E-state index is 12.4. The maximum Gasteiger partial charge on any atom is 0.274 e. The number of imidazole rings is 1. The molecule has 0 aliphatic carbocycles. The van der Waals surface area contributed by atoms with E-state index in [1.165, 1.54) is 11.1 Å². The Bertz CT molecular complexity index is 633. The van der Waals surface area contributed by atoms with Crippen LogP contribution in [0.5, 0.6) is 0 Å². The molecule has 112 valence electrons. The predicted octanol–water partition coefficient (Wildman–Crippen LogP) is 1.73. The lowest BCUT2D eigenvalue weighted by Crippen LogP contribution is -2.26. The predicted molar refractivity (Wildman–Crippen MR) is 83.0 cm³/mol. The fraction of sp³-hybridized carbons (Fsp3) is 0.375. The van der Waals surface area contributed by atoms with Gasteiger partial charge >= 0.3 is 0 Å². The number of aryl methyl sites for hydroxylation is 2. The Morgan fingerprint density at radius 2 is 2.14 bits per heavy atom. The summed E-state index contributed by atoms with van der Waals surface area (Å²) in [6.45, 7) is 5.91. The molecule has 2 aromatic rings. The van der Waals surface area contributed by atoms with E-state index in [9.17, 15) is 4.79 Å². The number of hydrogen-bond acceptors (Lipinski definition) is 3. The van der Waals surface area contributed by atoms with Crippen LogP contribution in [0, 0.1) is 13.8 Å². The van der Waals surface area contributed by atoms with E-state index < -0.39 is 0 Å². The van der Waals surface area contributed by atoms with Gasteiger partial charge in [-0.3, -0.25) is 4.79 Å². The average Bonchev–Trinajstić information content (AvgIpc) is 2.90. The molecule has 1 heterocycles. The number of amides is 1. The number of benzene rings is 1. The van der Waals surface area contributed by atoms with E-state index in [2.05, 4.69) is 37.0 Å². The number of rotatable bonds is 5. The average molecular weight is 286 g/mol. The molecule has 1 aromatic carbocycles. The molecular weight excluding hydrogens is 264 g/mol. The van der Waals surface area contributed by atoms with E-state index in [1.54, 1.807) is 24.5 Å². The standard InChI is InChI=1S/C16H22N4O/c1-12-4-5-14(13(2)8-12)9-19(3)16(21)15-10-20(7-6-17)11-18-15/h4-5,8,10-11H,6-7,9,17H2,1-3H3. The molecule has 5 nitrogen and oxygen atoms in total. The fourth-order valence-electron chi connectivity index (χ4n) is 2.29. The number of nitrogens with zero attached hydrogens (tertiary/aromatic N) is 3. The van der Waals surface area contributed by atoms with E-state index in [0.29, 0.717) is 25.3 Å². The fourth-order valence-corrected chi connectivity index (χ4v) is 2.29. The quantitative estimate of drug-likeness (QED) is 0.910. The van der Waals surface area contributed by atoms with Gasteiger partial charge in [-0.25, -0.2) is 4.98 Å². The molecule has 21 heavy (non-hydrogen) atoms. The highest BCUT2D eigenvalue weighted by Crippen LogP contribution is 2.13. The van der Waals surface area contributed by atoms with Gasteiger partial charge in [-0.2, -0.15) is 0 Å². The molecule has 0 unspecified atom stereocenters. The van der Waals surface area contributed by atoms with Crippen molar-refractivity contribution >= 4 is 5.91 Å². The Morgan fingerprint density at radius 3 is 2.81 bits per heavy atom. The number of hydrogen-bond donors (Lipinski definition) is 1. The normalized spacial score (nSPS) is 10.7. The SMILES string of the molecule is Cc1ccc(CN(C)C(=O)c2cn(CCN)cn2)c(C)c1. The highest BCUT2D eigenvalue weighted by molar-refractivity contribution is 5.91. The third-order valence-electron chi connectivity index (χ3n) is 3.49. The van der Waals surface area contributed by atoms with Gasteiger partial charge in [0.1, 0.15) is 5.69 Å². The minimum atomic E-state index is -0.0780. The van der Waals surface area contributed by atoms with E-state index in [-0.39, 0.29) is 5.91 Å². The van der Waals surface area contributed by atoms with E-state index in [0.717, 1.165) is 5.56 Å². The van der Waals surface area contributed by atoms with Gasteiger partial charge in [0.2, 0.25) is 0 Å². The smallest absolute Gasteiger partial charge is 0.274 e. The maximum atomic E-state index is 12.4. The summed E-state index contributed by atoms with van der Waals surface area (Å²) in [6.07, 6.45) is 3.39. The number of carbonyl (C=O) groups excluding carboxylic acids is 1. The lowest BCUT2D eigenvalue weighted by Gasteiger charge is -2.17. The van der Waals surface area contributed by atoms with Gasteiger partial charge in [-0.15, -0.1) is 0 Å². The molecule has 0 radical (unpaired) electrons. The highest BCUT2D eigenvalue weighted by Gasteiger charge is 2.15. The van der Waals surface area contributed by atoms with E-state index >= 15 is 0 Å². The molecule has 2 N–H and O–H groups in total. The molecule has 0 fully saturated rings. The molecule has 0 saturated heterocycles. The zero-order chi connectivity index (χ0) is 15.4. The Morgan fingerprint density at radius 1 is 1.38 bits per heavy atom. The molecule has 0 saturated carbocycles. The molecule has 2 rings (SSSR count). The summed E-state index contributed by atoms with van der Waals surface area (Å²) in [5.74, 6) is -0.0780.